The molecule has 0 aromatic carbocycles. The Kier molecular flexibility index (Phi) is 2.43. The minimum absolute atomic E-state index is 0.0797. The average Bonchev–Trinajstić information content (AvgIpc) is 2.40. The SMILES string of the molecule is CC(=O)NC1C(O)CC2C=CC=CC21C. The van der Waals surface area contributed by atoms with E-state index in [0.29, 0.717) is 5.92 Å². The van der Waals surface area contributed by atoms with Crippen molar-refractivity contribution in [2.45, 2.75) is 32.4 Å². The normalized spacial score (nSPS) is 42.7. The molecule has 2 aliphatic carbocycles. The van der Waals surface area contributed by atoms with Crippen LogP contribution in [0, 0.1) is 11.3 Å². The molecule has 1 saturated carbocycles. The molecular weight excluding hydrogens is 190 g/mol. The van der Waals surface area contributed by atoms with Crippen molar-refractivity contribution in [1.82, 2.24) is 5.32 Å². The minimum Gasteiger partial charge on any atom is -0.391 e. The largest absolute Gasteiger partial charge is 0.391 e. The summed E-state index contributed by atoms with van der Waals surface area (Å²) in [5.74, 6) is 0.248. The molecule has 4 unspecified atom stereocenters. The number of hydrogen-bond acceptors (Lipinski definition) is 2. The Hall–Kier alpha value is -1.09. The third-order valence-electron chi connectivity index (χ3n) is 3.62. The lowest BCUT2D eigenvalue weighted by Crippen LogP contribution is -2.48. The van der Waals surface area contributed by atoms with E-state index in [1.807, 2.05) is 12.2 Å². The summed E-state index contributed by atoms with van der Waals surface area (Å²) in [6.45, 7) is 3.58. The Morgan fingerprint density at radius 2 is 2.27 bits per heavy atom. The molecule has 4 atom stereocenters. The van der Waals surface area contributed by atoms with E-state index in [2.05, 4.69) is 24.4 Å². The molecule has 0 saturated heterocycles. The summed E-state index contributed by atoms with van der Waals surface area (Å²) in [6, 6.07) is -0.166. The molecular formula is C12H17NO2. The van der Waals surface area contributed by atoms with Crippen LogP contribution in [0.1, 0.15) is 20.3 Å². The van der Waals surface area contributed by atoms with Crippen LogP contribution in [0.25, 0.3) is 0 Å². The van der Waals surface area contributed by atoms with Gasteiger partial charge in [-0.2, -0.15) is 0 Å². The number of hydrogen-bond donors (Lipinski definition) is 2. The van der Waals surface area contributed by atoms with Crippen molar-refractivity contribution in [3.63, 3.8) is 0 Å². The van der Waals surface area contributed by atoms with Crippen molar-refractivity contribution in [3.05, 3.63) is 24.3 Å². The van der Waals surface area contributed by atoms with E-state index in [4.69, 9.17) is 0 Å². The van der Waals surface area contributed by atoms with Gasteiger partial charge in [-0.1, -0.05) is 31.2 Å². The number of carbonyl (C=O) groups excluding carboxylic acids is 1. The van der Waals surface area contributed by atoms with Gasteiger partial charge in [-0.25, -0.2) is 0 Å². The maximum absolute atomic E-state index is 11.1. The molecule has 2 N–H and O–H groups in total. The van der Waals surface area contributed by atoms with E-state index in [9.17, 15) is 9.90 Å². The summed E-state index contributed by atoms with van der Waals surface area (Å²) < 4.78 is 0. The Labute approximate surface area is 89.9 Å². The second-order valence-electron chi connectivity index (χ2n) is 4.70. The highest BCUT2D eigenvalue weighted by atomic mass is 16.3. The van der Waals surface area contributed by atoms with Crippen LogP contribution in [0.15, 0.2) is 24.3 Å². The number of fused-ring (bicyclic) bond motifs is 1. The van der Waals surface area contributed by atoms with Gasteiger partial charge in [0, 0.05) is 12.3 Å². The third kappa shape index (κ3) is 1.61. The van der Waals surface area contributed by atoms with Gasteiger partial charge in [-0.05, 0) is 12.3 Å². The maximum Gasteiger partial charge on any atom is 0.217 e. The smallest absolute Gasteiger partial charge is 0.217 e. The second-order valence-corrected chi connectivity index (χ2v) is 4.70. The molecule has 3 nitrogen and oxygen atoms in total. The van der Waals surface area contributed by atoms with Crippen molar-refractivity contribution in [2.75, 3.05) is 0 Å². The van der Waals surface area contributed by atoms with Crippen LogP contribution in [-0.4, -0.2) is 23.2 Å². The first-order valence-electron chi connectivity index (χ1n) is 5.35. The summed E-state index contributed by atoms with van der Waals surface area (Å²) in [6.07, 6.45) is 8.48. The lowest BCUT2D eigenvalue weighted by molar-refractivity contribution is -0.121. The summed E-state index contributed by atoms with van der Waals surface area (Å²) in [5.41, 5.74) is -0.139. The molecule has 1 fully saturated rings. The van der Waals surface area contributed by atoms with Gasteiger partial charge in [-0.3, -0.25) is 4.79 Å². The molecule has 1 amide bonds. The minimum atomic E-state index is -0.448. The topological polar surface area (TPSA) is 49.3 Å². The summed E-state index contributed by atoms with van der Waals surface area (Å²) in [4.78, 5) is 11.1. The fourth-order valence-corrected chi connectivity index (χ4v) is 2.74. The average molecular weight is 207 g/mol. The molecule has 15 heavy (non-hydrogen) atoms. The van der Waals surface area contributed by atoms with Gasteiger partial charge in [0.15, 0.2) is 0 Å². The lowest BCUT2D eigenvalue weighted by Gasteiger charge is -2.35. The van der Waals surface area contributed by atoms with Crippen molar-refractivity contribution in [1.29, 1.82) is 0 Å². The number of aliphatic hydroxyl groups excluding tert-OH is 1. The molecule has 0 aliphatic heterocycles. The first-order chi connectivity index (χ1) is 7.04. The fraction of sp³-hybridized carbons (Fsp3) is 0.583. The van der Waals surface area contributed by atoms with Crippen molar-refractivity contribution < 1.29 is 9.90 Å². The quantitative estimate of drug-likeness (QED) is 0.674. The van der Waals surface area contributed by atoms with Gasteiger partial charge >= 0.3 is 0 Å². The van der Waals surface area contributed by atoms with E-state index in [1.54, 1.807) is 0 Å². The highest BCUT2D eigenvalue weighted by Gasteiger charge is 2.49. The lowest BCUT2D eigenvalue weighted by atomic mass is 9.74. The van der Waals surface area contributed by atoms with E-state index in [0.717, 1.165) is 6.42 Å². The zero-order valence-electron chi connectivity index (χ0n) is 9.10. The van der Waals surface area contributed by atoms with Gasteiger partial charge in [0.05, 0.1) is 12.1 Å². The summed E-state index contributed by atoms with van der Waals surface area (Å²) in [5, 5.41) is 12.8. The van der Waals surface area contributed by atoms with Gasteiger partial charge in [-0.15, -0.1) is 0 Å². The Morgan fingerprint density at radius 3 is 2.93 bits per heavy atom. The molecule has 82 valence electrons. The molecule has 3 heteroatoms. The number of carbonyl (C=O) groups is 1. The first kappa shape index (κ1) is 10.4. The van der Waals surface area contributed by atoms with Gasteiger partial charge in [0.2, 0.25) is 5.91 Å². The molecule has 0 aromatic rings. The molecule has 2 aliphatic rings. The van der Waals surface area contributed by atoms with E-state index in [1.165, 1.54) is 6.92 Å². The molecule has 0 bridgehead atoms. The number of allylic oxidation sites excluding steroid dienone is 3. The van der Waals surface area contributed by atoms with Crippen LogP contribution in [0.4, 0.5) is 0 Å². The van der Waals surface area contributed by atoms with Crippen LogP contribution in [0.2, 0.25) is 0 Å². The number of amides is 1. The predicted octanol–water partition coefficient (Wildman–Crippen LogP) is 1.00. The number of rotatable bonds is 1. The van der Waals surface area contributed by atoms with Crippen LogP contribution >= 0.6 is 0 Å². The Balaban J connectivity index is 2.26. The van der Waals surface area contributed by atoms with Gasteiger partial charge in [0.1, 0.15) is 0 Å². The number of aliphatic hydroxyl groups is 1. The highest BCUT2D eigenvalue weighted by molar-refractivity contribution is 5.73. The standard InChI is InChI=1S/C12H17NO2/c1-8(14)13-11-10(15)7-9-5-3-4-6-12(9,11)2/h3-6,9-11,15H,7H2,1-2H3,(H,13,14). The second kappa shape index (κ2) is 3.49. The maximum atomic E-state index is 11.1. The van der Waals surface area contributed by atoms with E-state index >= 15 is 0 Å². The Morgan fingerprint density at radius 1 is 1.53 bits per heavy atom. The fourth-order valence-electron chi connectivity index (χ4n) is 2.74. The number of nitrogens with one attached hydrogen (secondary N) is 1. The van der Waals surface area contributed by atoms with Crippen LogP contribution in [0.3, 0.4) is 0 Å². The molecule has 0 spiro atoms. The Bertz CT molecular complexity index is 335. The van der Waals surface area contributed by atoms with Crippen LogP contribution < -0.4 is 5.32 Å². The third-order valence-corrected chi connectivity index (χ3v) is 3.62. The molecule has 0 aromatic heterocycles. The predicted molar refractivity (Wildman–Crippen MR) is 58.1 cm³/mol. The van der Waals surface area contributed by atoms with Crippen molar-refractivity contribution in [3.8, 4) is 0 Å². The van der Waals surface area contributed by atoms with Crippen molar-refractivity contribution >= 4 is 5.91 Å². The van der Waals surface area contributed by atoms with Gasteiger partial charge in [0.25, 0.3) is 0 Å². The highest BCUT2D eigenvalue weighted by Crippen LogP contribution is 2.46. The monoisotopic (exact) mass is 207 g/mol. The zero-order valence-corrected chi connectivity index (χ0v) is 9.10. The first-order valence-corrected chi connectivity index (χ1v) is 5.35. The van der Waals surface area contributed by atoms with Crippen molar-refractivity contribution in [2.24, 2.45) is 11.3 Å². The summed E-state index contributed by atoms with van der Waals surface area (Å²) >= 11 is 0. The molecule has 0 radical (unpaired) electrons. The van der Waals surface area contributed by atoms with Gasteiger partial charge < -0.3 is 10.4 Å². The summed E-state index contributed by atoms with van der Waals surface area (Å²) in [7, 11) is 0. The van der Waals surface area contributed by atoms with Crippen LogP contribution in [0.5, 0.6) is 0 Å². The molecule has 2 rings (SSSR count). The van der Waals surface area contributed by atoms with E-state index in [-0.39, 0.29) is 17.4 Å². The molecule has 0 heterocycles. The van der Waals surface area contributed by atoms with Crippen LogP contribution in [-0.2, 0) is 4.79 Å². The zero-order chi connectivity index (χ0) is 11.1. The van der Waals surface area contributed by atoms with E-state index < -0.39 is 6.10 Å².